The largest absolute Gasteiger partial charge is 0.353 e. The van der Waals surface area contributed by atoms with E-state index in [0.29, 0.717) is 0 Å². The van der Waals surface area contributed by atoms with Crippen LogP contribution in [-0.4, -0.2) is 22.8 Å². The Bertz CT molecular complexity index is 532. The van der Waals surface area contributed by atoms with Crippen molar-refractivity contribution in [3.05, 3.63) is 24.5 Å². The number of rotatable bonds is 4. The van der Waals surface area contributed by atoms with Gasteiger partial charge in [-0.1, -0.05) is 12.8 Å². The maximum absolute atomic E-state index is 12.3. The third-order valence-corrected chi connectivity index (χ3v) is 5.10. The second-order valence-electron chi connectivity index (χ2n) is 6.77. The summed E-state index contributed by atoms with van der Waals surface area (Å²) in [7, 11) is 0. The van der Waals surface area contributed by atoms with Crippen molar-refractivity contribution in [3.8, 4) is 0 Å². The predicted molar refractivity (Wildman–Crippen MR) is 88.7 cm³/mol. The van der Waals surface area contributed by atoms with Gasteiger partial charge in [0.15, 0.2) is 0 Å². The number of pyridine rings is 1. The molecule has 1 aromatic heterocycles. The van der Waals surface area contributed by atoms with Crippen molar-refractivity contribution in [2.75, 3.05) is 5.32 Å². The minimum Gasteiger partial charge on any atom is -0.353 e. The number of nitrogens with one attached hydrogen (secondary N) is 2. The highest BCUT2D eigenvalue weighted by atomic mass is 16.2. The van der Waals surface area contributed by atoms with Crippen molar-refractivity contribution in [3.63, 3.8) is 0 Å². The normalized spacial score (nSPS) is 25.0. The third-order valence-electron chi connectivity index (χ3n) is 5.10. The van der Waals surface area contributed by atoms with Crippen molar-refractivity contribution in [1.29, 1.82) is 0 Å². The van der Waals surface area contributed by atoms with E-state index in [0.717, 1.165) is 44.2 Å². The molecule has 5 nitrogen and oxygen atoms in total. The van der Waals surface area contributed by atoms with Gasteiger partial charge in [-0.05, 0) is 50.7 Å². The van der Waals surface area contributed by atoms with Gasteiger partial charge >= 0.3 is 0 Å². The van der Waals surface area contributed by atoms with Crippen molar-refractivity contribution in [1.82, 2.24) is 10.3 Å². The quantitative estimate of drug-likeness (QED) is 0.897. The molecule has 5 heteroatoms. The van der Waals surface area contributed by atoms with Crippen LogP contribution in [0.15, 0.2) is 24.5 Å². The van der Waals surface area contributed by atoms with Gasteiger partial charge in [-0.3, -0.25) is 14.6 Å². The summed E-state index contributed by atoms with van der Waals surface area (Å²) in [6.07, 6.45) is 11.2. The molecule has 0 atom stereocenters. The van der Waals surface area contributed by atoms with E-state index in [1.165, 1.54) is 12.8 Å². The number of anilines is 1. The Morgan fingerprint density at radius 3 is 2.30 bits per heavy atom. The standard InChI is InChI=1S/C18H25N3O2/c22-17(13-4-1-2-5-13)20-15-9-7-14(8-10-15)18(23)21-16-6-3-11-19-12-16/h3,6,11-15H,1-2,4-5,7-10H2,(H,20,22)(H,21,23). The molecule has 2 N–H and O–H groups in total. The van der Waals surface area contributed by atoms with Gasteiger partial charge in [0.25, 0.3) is 0 Å². The molecule has 0 radical (unpaired) electrons. The fraction of sp³-hybridized carbons (Fsp3) is 0.611. The second kappa shape index (κ2) is 7.57. The molecule has 0 aromatic carbocycles. The van der Waals surface area contributed by atoms with E-state index in [1.807, 2.05) is 12.1 Å². The Hall–Kier alpha value is -1.91. The highest BCUT2D eigenvalue weighted by Gasteiger charge is 2.29. The van der Waals surface area contributed by atoms with E-state index in [4.69, 9.17) is 0 Å². The van der Waals surface area contributed by atoms with E-state index < -0.39 is 0 Å². The van der Waals surface area contributed by atoms with Gasteiger partial charge in [0, 0.05) is 24.1 Å². The molecule has 3 rings (SSSR count). The summed E-state index contributed by atoms with van der Waals surface area (Å²) in [5.74, 6) is 0.556. The lowest BCUT2D eigenvalue weighted by Gasteiger charge is -2.29. The second-order valence-corrected chi connectivity index (χ2v) is 6.77. The van der Waals surface area contributed by atoms with Gasteiger partial charge in [-0.25, -0.2) is 0 Å². The molecule has 124 valence electrons. The number of nitrogens with zero attached hydrogens (tertiary/aromatic N) is 1. The number of amides is 2. The molecule has 0 saturated heterocycles. The van der Waals surface area contributed by atoms with Crippen LogP contribution in [0.25, 0.3) is 0 Å². The fourth-order valence-corrected chi connectivity index (χ4v) is 3.69. The summed E-state index contributed by atoms with van der Waals surface area (Å²) in [6.45, 7) is 0. The summed E-state index contributed by atoms with van der Waals surface area (Å²) in [4.78, 5) is 28.5. The summed E-state index contributed by atoms with van der Waals surface area (Å²) >= 11 is 0. The molecule has 2 saturated carbocycles. The van der Waals surface area contributed by atoms with Crippen LogP contribution in [0.5, 0.6) is 0 Å². The van der Waals surface area contributed by atoms with Crippen molar-refractivity contribution < 1.29 is 9.59 Å². The zero-order chi connectivity index (χ0) is 16.1. The number of hydrogen-bond donors (Lipinski definition) is 2. The van der Waals surface area contributed by atoms with Gasteiger partial charge in [-0.15, -0.1) is 0 Å². The molecule has 0 bridgehead atoms. The first kappa shape index (κ1) is 16.0. The fourth-order valence-electron chi connectivity index (χ4n) is 3.69. The van der Waals surface area contributed by atoms with Crippen LogP contribution in [0.3, 0.4) is 0 Å². The van der Waals surface area contributed by atoms with Crippen LogP contribution in [0.2, 0.25) is 0 Å². The molecule has 1 heterocycles. The minimum atomic E-state index is 0.0369. The van der Waals surface area contributed by atoms with E-state index in [2.05, 4.69) is 15.6 Å². The Labute approximate surface area is 137 Å². The van der Waals surface area contributed by atoms with E-state index in [1.54, 1.807) is 12.4 Å². The van der Waals surface area contributed by atoms with Crippen molar-refractivity contribution in [2.24, 2.45) is 11.8 Å². The summed E-state index contributed by atoms with van der Waals surface area (Å²) < 4.78 is 0. The third kappa shape index (κ3) is 4.30. The first-order chi connectivity index (χ1) is 11.2. The van der Waals surface area contributed by atoms with Crippen LogP contribution in [0.1, 0.15) is 51.4 Å². The first-order valence-electron chi connectivity index (χ1n) is 8.73. The molecule has 2 aliphatic carbocycles. The Morgan fingerprint density at radius 2 is 1.65 bits per heavy atom. The average Bonchev–Trinajstić information content (AvgIpc) is 3.11. The van der Waals surface area contributed by atoms with Gasteiger partial charge in [-0.2, -0.15) is 0 Å². The molecule has 0 aliphatic heterocycles. The van der Waals surface area contributed by atoms with Crippen molar-refractivity contribution >= 4 is 17.5 Å². The van der Waals surface area contributed by atoms with Crippen LogP contribution in [0.4, 0.5) is 5.69 Å². The van der Waals surface area contributed by atoms with Gasteiger partial charge in [0.2, 0.25) is 11.8 Å². The lowest BCUT2D eigenvalue weighted by atomic mass is 9.85. The lowest BCUT2D eigenvalue weighted by Crippen LogP contribution is -2.41. The van der Waals surface area contributed by atoms with Gasteiger partial charge in [0.05, 0.1) is 11.9 Å². The number of carbonyl (C=O) groups excluding carboxylic acids is 2. The van der Waals surface area contributed by atoms with Gasteiger partial charge in [0.1, 0.15) is 0 Å². The first-order valence-corrected chi connectivity index (χ1v) is 8.73. The van der Waals surface area contributed by atoms with Crippen LogP contribution in [0, 0.1) is 11.8 Å². The highest BCUT2D eigenvalue weighted by Crippen LogP contribution is 2.28. The van der Waals surface area contributed by atoms with E-state index in [9.17, 15) is 9.59 Å². The monoisotopic (exact) mass is 315 g/mol. The molecule has 0 spiro atoms. The van der Waals surface area contributed by atoms with Crippen LogP contribution in [-0.2, 0) is 9.59 Å². The summed E-state index contributed by atoms with van der Waals surface area (Å²) in [6, 6.07) is 3.90. The Kier molecular flexibility index (Phi) is 5.26. The SMILES string of the molecule is O=C(Nc1cccnc1)C1CCC(NC(=O)C2CCCC2)CC1. The van der Waals surface area contributed by atoms with E-state index in [-0.39, 0.29) is 29.7 Å². The molecule has 23 heavy (non-hydrogen) atoms. The van der Waals surface area contributed by atoms with Crippen LogP contribution < -0.4 is 10.6 Å². The number of aromatic nitrogens is 1. The molecule has 2 amide bonds. The number of carbonyl (C=O) groups is 2. The molecule has 0 unspecified atom stereocenters. The summed E-state index contributed by atoms with van der Waals surface area (Å²) in [5.41, 5.74) is 0.745. The molecular formula is C18H25N3O2. The predicted octanol–water partition coefficient (Wildman–Crippen LogP) is 2.89. The Morgan fingerprint density at radius 1 is 0.957 bits per heavy atom. The van der Waals surface area contributed by atoms with Crippen LogP contribution >= 0.6 is 0 Å². The maximum Gasteiger partial charge on any atom is 0.227 e. The van der Waals surface area contributed by atoms with Gasteiger partial charge < -0.3 is 10.6 Å². The smallest absolute Gasteiger partial charge is 0.227 e. The lowest BCUT2D eigenvalue weighted by molar-refractivity contribution is -0.125. The minimum absolute atomic E-state index is 0.0369. The topological polar surface area (TPSA) is 71.1 Å². The Balaban J connectivity index is 1.42. The molecule has 2 aliphatic rings. The molecule has 1 aromatic rings. The summed E-state index contributed by atoms with van der Waals surface area (Å²) in [5, 5.41) is 6.11. The molecular weight excluding hydrogens is 290 g/mol. The zero-order valence-electron chi connectivity index (χ0n) is 13.5. The number of hydrogen-bond acceptors (Lipinski definition) is 3. The zero-order valence-corrected chi connectivity index (χ0v) is 13.5. The van der Waals surface area contributed by atoms with Crippen molar-refractivity contribution in [2.45, 2.75) is 57.4 Å². The van der Waals surface area contributed by atoms with E-state index >= 15 is 0 Å². The maximum atomic E-state index is 12.3. The average molecular weight is 315 g/mol. The molecule has 2 fully saturated rings. The highest BCUT2D eigenvalue weighted by molar-refractivity contribution is 5.92.